The van der Waals surface area contributed by atoms with E-state index in [4.69, 9.17) is 0 Å². The summed E-state index contributed by atoms with van der Waals surface area (Å²) in [4.78, 5) is 2.19. The van der Waals surface area contributed by atoms with Crippen molar-refractivity contribution in [3.05, 3.63) is 35.6 Å². The summed E-state index contributed by atoms with van der Waals surface area (Å²) in [6.07, 6.45) is 9.92. The van der Waals surface area contributed by atoms with Gasteiger partial charge in [-0.1, -0.05) is 30.7 Å². The normalized spacial score (nSPS) is 18.1. The fourth-order valence-electron chi connectivity index (χ4n) is 1.18. The predicted octanol–water partition coefficient (Wildman–Crippen LogP) is 2.73. The zero-order valence-corrected chi connectivity index (χ0v) is 8.17. The Labute approximate surface area is 75.1 Å². The Bertz CT molecular complexity index is 233. The van der Waals surface area contributed by atoms with E-state index in [1.807, 2.05) is 0 Å². The molecule has 1 rings (SSSR count). The van der Waals surface area contributed by atoms with Crippen LogP contribution in [0.25, 0.3) is 0 Å². The largest absolute Gasteiger partial charge is 0.376 e. The van der Waals surface area contributed by atoms with Crippen LogP contribution in [0.15, 0.2) is 35.6 Å². The lowest BCUT2D eigenvalue weighted by atomic mass is 10.1. The number of allylic oxidation sites excluding steroid dienone is 4. The fraction of sp³-hybridized carbons (Fsp3) is 0.455. The zero-order chi connectivity index (χ0) is 8.97. The highest BCUT2D eigenvalue weighted by Crippen LogP contribution is 2.10. The van der Waals surface area contributed by atoms with E-state index in [1.165, 1.54) is 11.1 Å². The van der Waals surface area contributed by atoms with E-state index in [2.05, 4.69) is 50.2 Å². The topological polar surface area (TPSA) is 3.24 Å². The van der Waals surface area contributed by atoms with Crippen molar-refractivity contribution in [3.63, 3.8) is 0 Å². The van der Waals surface area contributed by atoms with Crippen LogP contribution >= 0.6 is 0 Å². The minimum absolute atomic E-state index is 1.03. The lowest BCUT2D eigenvalue weighted by molar-refractivity contribution is 0.501. The second-order valence-electron chi connectivity index (χ2n) is 3.32. The first-order chi connectivity index (χ1) is 5.72. The minimum atomic E-state index is 1.03. The summed E-state index contributed by atoms with van der Waals surface area (Å²) in [7, 11) is 2.10. The number of hydrogen-bond acceptors (Lipinski definition) is 1. The molecule has 66 valence electrons. The standard InChI is InChI=1S/C11H17N/c1-4-10(2)8-11-6-5-7-12(3)9-11/h5-6,8-9H,4,7H2,1-3H3. The summed E-state index contributed by atoms with van der Waals surface area (Å²) in [5.74, 6) is 0. The van der Waals surface area contributed by atoms with Gasteiger partial charge in [0.25, 0.3) is 0 Å². The third-order valence-corrected chi connectivity index (χ3v) is 2.04. The van der Waals surface area contributed by atoms with E-state index in [-0.39, 0.29) is 0 Å². The lowest BCUT2D eigenvalue weighted by Gasteiger charge is -2.16. The van der Waals surface area contributed by atoms with Gasteiger partial charge >= 0.3 is 0 Å². The Morgan fingerprint density at radius 2 is 2.42 bits per heavy atom. The van der Waals surface area contributed by atoms with Gasteiger partial charge in [0.1, 0.15) is 0 Å². The second kappa shape index (κ2) is 4.15. The summed E-state index contributed by atoms with van der Waals surface area (Å²) < 4.78 is 0. The van der Waals surface area contributed by atoms with Crippen LogP contribution in [0.4, 0.5) is 0 Å². The highest BCUT2D eigenvalue weighted by atomic mass is 15.1. The Kier molecular flexibility index (Phi) is 3.15. The molecule has 0 fully saturated rings. The van der Waals surface area contributed by atoms with Crippen LogP contribution in [-0.4, -0.2) is 18.5 Å². The van der Waals surface area contributed by atoms with Crippen molar-refractivity contribution in [2.75, 3.05) is 13.6 Å². The SMILES string of the molecule is CCC(C)=CC1=CN(C)CC=C1. The van der Waals surface area contributed by atoms with Gasteiger partial charge in [0.05, 0.1) is 0 Å². The third-order valence-electron chi connectivity index (χ3n) is 2.04. The molecule has 1 heteroatoms. The van der Waals surface area contributed by atoms with Gasteiger partial charge in [-0.3, -0.25) is 0 Å². The van der Waals surface area contributed by atoms with E-state index in [1.54, 1.807) is 0 Å². The molecule has 0 unspecified atom stereocenters. The Balaban J connectivity index is 2.69. The molecule has 0 spiro atoms. The number of nitrogens with zero attached hydrogens (tertiary/aromatic N) is 1. The molecule has 1 aliphatic heterocycles. The molecule has 0 aliphatic carbocycles. The number of hydrogen-bond donors (Lipinski definition) is 0. The molecular weight excluding hydrogens is 146 g/mol. The van der Waals surface area contributed by atoms with Crippen LogP contribution < -0.4 is 0 Å². The van der Waals surface area contributed by atoms with Crippen LogP contribution in [0, 0.1) is 0 Å². The van der Waals surface area contributed by atoms with E-state index < -0.39 is 0 Å². The Morgan fingerprint density at radius 1 is 1.67 bits per heavy atom. The highest BCUT2D eigenvalue weighted by Gasteiger charge is 1.97. The first kappa shape index (κ1) is 9.11. The molecular formula is C11H17N. The van der Waals surface area contributed by atoms with Crippen molar-refractivity contribution in [2.45, 2.75) is 20.3 Å². The fourth-order valence-corrected chi connectivity index (χ4v) is 1.18. The molecule has 0 atom stereocenters. The van der Waals surface area contributed by atoms with Crippen molar-refractivity contribution in [3.8, 4) is 0 Å². The van der Waals surface area contributed by atoms with Gasteiger partial charge in [-0.15, -0.1) is 0 Å². The first-order valence-electron chi connectivity index (χ1n) is 4.48. The third kappa shape index (κ3) is 2.57. The molecule has 1 nitrogen and oxygen atoms in total. The van der Waals surface area contributed by atoms with Crippen molar-refractivity contribution in [1.82, 2.24) is 4.90 Å². The van der Waals surface area contributed by atoms with Crippen LogP contribution in [0.5, 0.6) is 0 Å². The lowest BCUT2D eigenvalue weighted by Crippen LogP contribution is -2.13. The maximum absolute atomic E-state index is 2.24. The van der Waals surface area contributed by atoms with Gasteiger partial charge in [-0.25, -0.2) is 0 Å². The molecule has 0 aromatic heterocycles. The van der Waals surface area contributed by atoms with Crippen LogP contribution in [0.3, 0.4) is 0 Å². The predicted molar refractivity (Wildman–Crippen MR) is 53.9 cm³/mol. The van der Waals surface area contributed by atoms with Gasteiger partial charge in [0, 0.05) is 19.8 Å². The average molecular weight is 163 g/mol. The molecule has 0 N–H and O–H groups in total. The Hall–Kier alpha value is -0.980. The molecule has 0 aromatic carbocycles. The van der Waals surface area contributed by atoms with E-state index in [0.717, 1.165) is 13.0 Å². The van der Waals surface area contributed by atoms with Gasteiger partial charge in [0.2, 0.25) is 0 Å². The minimum Gasteiger partial charge on any atom is -0.376 e. The number of likely N-dealkylation sites (N-methyl/N-ethyl adjacent to an activating group) is 1. The molecule has 1 heterocycles. The molecule has 12 heavy (non-hydrogen) atoms. The highest BCUT2D eigenvalue weighted by molar-refractivity contribution is 5.34. The maximum atomic E-state index is 2.24. The van der Waals surface area contributed by atoms with Crippen molar-refractivity contribution in [1.29, 1.82) is 0 Å². The van der Waals surface area contributed by atoms with Crippen molar-refractivity contribution in [2.24, 2.45) is 0 Å². The van der Waals surface area contributed by atoms with Gasteiger partial charge in [-0.2, -0.15) is 0 Å². The average Bonchev–Trinajstić information content (AvgIpc) is 2.04. The Morgan fingerprint density at radius 3 is 3.00 bits per heavy atom. The van der Waals surface area contributed by atoms with Gasteiger partial charge in [0.15, 0.2) is 0 Å². The molecule has 0 radical (unpaired) electrons. The van der Waals surface area contributed by atoms with E-state index >= 15 is 0 Å². The molecule has 0 saturated heterocycles. The molecule has 0 amide bonds. The molecule has 0 saturated carbocycles. The molecule has 0 aromatic rings. The summed E-state index contributed by atoms with van der Waals surface area (Å²) in [5, 5.41) is 0. The molecule has 1 aliphatic rings. The van der Waals surface area contributed by atoms with Crippen molar-refractivity contribution < 1.29 is 0 Å². The van der Waals surface area contributed by atoms with Crippen LogP contribution in [-0.2, 0) is 0 Å². The van der Waals surface area contributed by atoms with Crippen LogP contribution in [0.2, 0.25) is 0 Å². The summed E-state index contributed by atoms with van der Waals surface area (Å²) in [6, 6.07) is 0. The summed E-state index contributed by atoms with van der Waals surface area (Å²) >= 11 is 0. The first-order valence-corrected chi connectivity index (χ1v) is 4.48. The summed E-state index contributed by atoms with van der Waals surface area (Å²) in [5.41, 5.74) is 2.74. The zero-order valence-electron chi connectivity index (χ0n) is 8.17. The number of rotatable bonds is 2. The van der Waals surface area contributed by atoms with Crippen LogP contribution in [0.1, 0.15) is 20.3 Å². The quantitative estimate of drug-likeness (QED) is 0.605. The summed E-state index contributed by atoms with van der Waals surface area (Å²) in [6.45, 7) is 5.38. The molecule has 0 bridgehead atoms. The van der Waals surface area contributed by atoms with E-state index in [0.29, 0.717) is 0 Å². The maximum Gasteiger partial charge on any atom is 0.0354 e. The smallest absolute Gasteiger partial charge is 0.0354 e. The van der Waals surface area contributed by atoms with Crippen molar-refractivity contribution >= 4 is 0 Å². The van der Waals surface area contributed by atoms with E-state index in [9.17, 15) is 0 Å². The van der Waals surface area contributed by atoms with Gasteiger partial charge < -0.3 is 4.90 Å². The monoisotopic (exact) mass is 163 g/mol. The van der Waals surface area contributed by atoms with Gasteiger partial charge in [-0.05, 0) is 18.9 Å². The second-order valence-corrected chi connectivity index (χ2v) is 3.32.